The fourth-order valence-corrected chi connectivity index (χ4v) is 1.58. The molecule has 0 atom stereocenters. The molecule has 2 aromatic rings. The Morgan fingerprint density at radius 2 is 2.00 bits per heavy atom. The number of nitrogens with zero attached hydrogens (tertiary/aromatic N) is 1. The molecule has 4 nitrogen and oxygen atoms in total. The molecule has 0 aliphatic heterocycles. The summed E-state index contributed by atoms with van der Waals surface area (Å²) in [5.41, 5.74) is 2.84. The molecule has 0 unspecified atom stereocenters. The van der Waals surface area contributed by atoms with Crippen molar-refractivity contribution in [1.29, 1.82) is 0 Å². The van der Waals surface area contributed by atoms with E-state index in [4.69, 9.17) is 5.11 Å². The molecule has 100 valence electrons. The smallest absolute Gasteiger partial charge is 0.274 e. The Bertz CT molecular complexity index is 650. The minimum atomic E-state index is -0.268. The minimum absolute atomic E-state index is 0.199. The lowest BCUT2D eigenvalue weighted by molar-refractivity contribution is 0.102. The first-order valence-corrected chi connectivity index (χ1v) is 6.13. The van der Waals surface area contributed by atoms with Crippen molar-refractivity contribution >= 4 is 11.6 Å². The van der Waals surface area contributed by atoms with Crippen LogP contribution in [0.2, 0.25) is 0 Å². The summed E-state index contributed by atoms with van der Waals surface area (Å²) in [4.78, 5) is 16.0. The zero-order valence-electron chi connectivity index (χ0n) is 11.1. The van der Waals surface area contributed by atoms with Crippen molar-refractivity contribution < 1.29 is 9.90 Å². The molecule has 0 saturated heterocycles. The number of carbonyl (C=O) groups excluding carboxylic acids is 1. The first-order chi connectivity index (χ1) is 9.69. The number of nitrogens with one attached hydrogen (secondary N) is 1. The van der Waals surface area contributed by atoms with Crippen LogP contribution in [0.3, 0.4) is 0 Å². The molecule has 0 aliphatic carbocycles. The number of pyridine rings is 1. The summed E-state index contributed by atoms with van der Waals surface area (Å²) in [7, 11) is 0. The molecule has 1 aromatic heterocycles. The average Bonchev–Trinajstić information content (AvgIpc) is 2.48. The Hall–Kier alpha value is -2.64. The van der Waals surface area contributed by atoms with E-state index in [2.05, 4.69) is 22.1 Å². The van der Waals surface area contributed by atoms with E-state index >= 15 is 0 Å². The lowest BCUT2D eigenvalue weighted by atomic mass is 10.2. The third-order valence-electron chi connectivity index (χ3n) is 2.62. The van der Waals surface area contributed by atoms with Crippen LogP contribution in [-0.4, -0.2) is 22.6 Å². The van der Waals surface area contributed by atoms with Gasteiger partial charge in [0.2, 0.25) is 0 Å². The SMILES string of the molecule is Cc1ccc(NC(=O)c2ccc(C#CCO)cn2)cc1. The van der Waals surface area contributed by atoms with Crippen LogP contribution in [0, 0.1) is 18.8 Å². The lowest BCUT2D eigenvalue weighted by Gasteiger charge is -2.04. The maximum atomic E-state index is 12.0. The van der Waals surface area contributed by atoms with Gasteiger partial charge in [0.25, 0.3) is 5.91 Å². The van der Waals surface area contributed by atoms with Crippen LogP contribution in [0.1, 0.15) is 21.6 Å². The molecule has 0 fully saturated rings. The molecule has 1 heterocycles. The van der Waals surface area contributed by atoms with E-state index in [0.29, 0.717) is 11.3 Å². The largest absolute Gasteiger partial charge is 0.384 e. The molecule has 2 rings (SSSR count). The highest BCUT2D eigenvalue weighted by Gasteiger charge is 2.06. The van der Waals surface area contributed by atoms with Gasteiger partial charge in [-0.3, -0.25) is 4.79 Å². The molecule has 20 heavy (non-hydrogen) atoms. The van der Waals surface area contributed by atoms with Crippen LogP contribution in [0.5, 0.6) is 0 Å². The fraction of sp³-hybridized carbons (Fsp3) is 0.125. The maximum Gasteiger partial charge on any atom is 0.274 e. The molecular formula is C16H14N2O2. The van der Waals surface area contributed by atoms with Crippen molar-refractivity contribution in [3.8, 4) is 11.8 Å². The lowest BCUT2D eigenvalue weighted by Crippen LogP contribution is -2.13. The minimum Gasteiger partial charge on any atom is -0.384 e. The van der Waals surface area contributed by atoms with E-state index in [-0.39, 0.29) is 12.5 Å². The van der Waals surface area contributed by atoms with Gasteiger partial charge in [-0.1, -0.05) is 29.5 Å². The second-order valence-corrected chi connectivity index (χ2v) is 4.21. The van der Waals surface area contributed by atoms with Gasteiger partial charge in [-0.25, -0.2) is 4.98 Å². The molecule has 0 saturated carbocycles. The van der Waals surface area contributed by atoms with Crippen molar-refractivity contribution in [1.82, 2.24) is 4.98 Å². The van der Waals surface area contributed by atoms with Crippen LogP contribution in [0.25, 0.3) is 0 Å². The normalized spacial score (nSPS) is 9.50. The van der Waals surface area contributed by atoms with E-state index in [9.17, 15) is 4.79 Å². The second kappa shape index (κ2) is 6.50. The van der Waals surface area contributed by atoms with E-state index in [1.807, 2.05) is 31.2 Å². The molecule has 4 heteroatoms. The number of aromatic nitrogens is 1. The molecule has 1 aromatic carbocycles. The van der Waals surface area contributed by atoms with Gasteiger partial charge >= 0.3 is 0 Å². The highest BCUT2D eigenvalue weighted by Crippen LogP contribution is 2.10. The van der Waals surface area contributed by atoms with Gasteiger partial charge in [0, 0.05) is 17.4 Å². The number of benzene rings is 1. The van der Waals surface area contributed by atoms with E-state index < -0.39 is 0 Å². The topological polar surface area (TPSA) is 62.2 Å². The Balaban J connectivity index is 2.07. The number of hydrogen-bond acceptors (Lipinski definition) is 3. The summed E-state index contributed by atoms with van der Waals surface area (Å²) in [6.45, 7) is 1.79. The summed E-state index contributed by atoms with van der Waals surface area (Å²) < 4.78 is 0. The van der Waals surface area contributed by atoms with Gasteiger partial charge in [-0.2, -0.15) is 0 Å². The third kappa shape index (κ3) is 3.67. The summed E-state index contributed by atoms with van der Waals surface area (Å²) in [5, 5.41) is 11.4. The monoisotopic (exact) mass is 266 g/mol. The Morgan fingerprint density at radius 3 is 2.60 bits per heavy atom. The first kappa shape index (κ1) is 13.8. The standard InChI is InChI=1S/C16H14N2O2/c1-12-4-7-14(8-5-12)18-16(20)15-9-6-13(11-17-15)3-2-10-19/h4-9,11,19H,10H2,1H3,(H,18,20). The van der Waals surface area contributed by atoms with Crippen LogP contribution in [0.15, 0.2) is 42.6 Å². The predicted octanol–water partition coefficient (Wildman–Crippen LogP) is 1.99. The van der Waals surface area contributed by atoms with Crippen LogP contribution < -0.4 is 5.32 Å². The molecule has 0 bridgehead atoms. The summed E-state index contributed by atoms with van der Waals surface area (Å²) in [6.07, 6.45) is 1.51. The number of rotatable bonds is 2. The molecule has 1 amide bonds. The van der Waals surface area contributed by atoms with Crippen LogP contribution >= 0.6 is 0 Å². The van der Waals surface area contributed by atoms with Crippen LogP contribution in [-0.2, 0) is 0 Å². The Labute approximate surface area is 117 Å². The van der Waals surface area contributed by atoms with Gasteiger partial charge in [0.1, 0.15) is 12.3 Å². The average molecular weight is 266 g/mol. The van der Waals surface area contributed by atoms with Crippen molar-refractivity contribution in [2.75, 3.05) is 11.9 Å². The summed E-state index contributed by atoms with van der Waals surface area (Å²) >= 11 is 0. The zero-order valence-corrected chi connectivity index (χ0v) is 11.1. The van der Waals surface area contributed by atoms with Crippen molar-refractivity contribution in [2.45, 2.75) is 6.92 Å². The number of anilines is 1. The molecule has 0 aliphatic rings. The first-order valence-electron chi connectivity index (χ1n) is 6.13. The Kier molecular flexibility index (Phi) is 4.48. The molecule has 0 spiro atoms. The summed E-state index contributed by atoms with van der Waals surface area (Å²) in [5.74, 6) is 4.98. The summed E-state index contributed by atoms with van der Waals surface area (Å²) in [6, 6.07) is 10.8. The van der Waals surface area contributed by atoms with Crippen molar-refractivity contribution in [3.05, 3.63) is 59.4 Å². The van der Waals surface area contributed by atoms with Crippen molar-refractivity contribution in [3.63, 3.8) is 0 Å². The predicted molar refractivity (Wildman–Crippen MR) is 77.3 cm³/mol. The Morgan fingerprint density at radius 1 is 1.25 bits per heavy atom. The van der Waals surface area contributed by atoms with Crippen LogP contribution in [0.4, 0.5) is 5.69 Å². The van der Waals surface area contributed by atoms with E-state index in [1.165, 1.54) is 6.20 Å². The van der Waals surface area contributed by atoms with Crippen molar-refractivity contribution in [2.24, 2.45) is 0 Å². The number of hydrogen-bond donors (Lipinski definition) is 2. The van der Waals surface area contributed by atoms with Gasteiger partial charge in [0.15, 0.2) is 0 Å². The van der Waals surface area contributed by atoms with Gasteiger partial charge in [-0.15, -0.1) is 0 Å². The third-order valence-corrected chi connectivity index (χ3v) is 2.62. The number of aliphatic hydroxyl groups is 1. The quantitative estimate of drug-likeness (QED) is 0.817. The van der Waals surface area contributed by atoms with Gasteiger partial charge in [-0.05, 0) is 31.2 Å². The zero-order chi connectivity index (χ0) is 14.4. The highest BCUT2D eigenvalue weighted by molar-refractivity contribution is 6.02. The highest BCUT2D eigenvalue weighted by atomic mass is 16.2. The molecule has 0 radical (unpaired) electrons. The van der Waals surface area contributed by atoms with Gasteiger partial charge < -0.3 is 10.4 Å². The number of aryl methyl sites for hydroxylation is 1. The second-order valence-electron chi connectivity index (χ2n) is 4.21. The van der Waals surface area contributed by atoms with E-state index in [1.54, 1.807) is 12.1 Å². The fourth-order valence-electron chi connectivity index (χ4n) is 1.58. The number of aliphatic hydroxyl groups excluding tert-OH is 1. The molecule has 2 N–H and O–H groups in total. The number of carbonyl (C=O) groups is 1. The van der Waals surface area contributed by atoms with Gasteiger partial charge in [0.05, 0.1) is 0 Å². The van der Waals surface area contributed by atoms with E-state index in [0.717, 1.165) is 11.3 Å². The molecular weight excluding hydrogens is 252 g/mol. The maximum absolute atomic E-state index is 12.0. The number of amides is 1.